The van der Waals surface area contributed by atoms with Crippen LogP contribution in [0.15, 0.2) is 42.5 Å². The Morgan fingerprint density at radius 3 is 2.40 bits per heavy atom. The largest absolute Gasteiger partial charge is 0.343 e. The van der Waals surface area contributed by atoms with Crippen molar-refractivity contribution in [3.8, 4) is 0 Å². The second kappa shape index (κ2) is 9.20. The normalized spacial score (nSPS) is 14.1. The topological polar surface area (TPSA) is 61.4 Å². The van der Waals surface area contributed by atoms with E-state index in [4.69, 9.17) is 28.2 Å². The van der Waals surface area contributed by atoms with Crippen LogP contribution in [0.3, 0.4) is 0 Å². The number of aryl methyl sites for hydroxylation is 1. The lowest BCUT2D eigenvalue weighted by Crippen LogP contribution is -2.50. The Kier molecular flexibility index (Phi) is 6.41. The van der Waals surface area contributed by atoms with Gasteiger partial charge in [0, 0.05) is 44.1 Å². The number of benzene rings is 2. The van der Waals surface area contributed by atoms with Crippen LogP contribution < -0.4 is 10.2 Å². The first-order valence-electron chi connectivity index (χ1n) is 9.62. The van der Waals surface area contributed by atoms with Crippen LogP contribution in [0.25, 0.3) is 0 Å². The van der Waals surface area contributed by atoms with E-state index >= 15 is 0 Å². The number of carbonyl (C=O) groups excluding carboxylic acids is 1. The van der Waals surface area contributed by atoms with Crippen molar-refractivity contribution in [1.29, 1.82) is 0 Å². The molecule has 2 heterocycles. The molecule has 156 valence electrons. The Balaban J connectivity index is 1.33. The van der Waals surface area contributed by atoms with Gasteiger partial charge in [0.05, 0.1) is 15.7 Å². The van der Waals surface area contributed by atoms with Crippen molar-refractivity contribution in [1.82, 2.24) is 14.3 Å². The molecule has 1 aliphatic rings. The molecule has 0 atom stereocenters. The van der Waals surface area contributed by atoms with Gasteiger partial charge in [0.25, 0.3) is 0 Å². The molecule has 0 unspecified atom stereocenters. The summed E-state index contributed by atoms with van der Waals surface area (Å²) < 4.78 is 4.51. The second-order valence-electron chi connectivity index (χ2n) is 7.16. The number of amides is 2. The molecule has 0 spiro atoms. The van der Waals surface area contributed by atoms with E-state index in [0.29, 0.717) is 41.9 Å². The van der Waals surface area contributed by atoms with Crippen molar-refractivity contribution in [3.05, 3.63) is 69.5 Å². The number of nitrogens with one attached hydrogen (secondary N) is 1. The van der Waals surface area contributed by atoms with E-state index in [0.717, 1.165) is 17.4 Å². The average Bonchev–Trinajstić information content (AvgIpc) is 3.21. The van der Waals surface area contributed by atoms with Gasteiger partial charge in [0.15, 0.2) is 0 Å². The molecule has 1 saturated heterocycles. The second-order valence-corrected chi connectivity index (χ2v) is 8.70. The fourth-order valence-corrected chi connectivity index (χ4v) is 4.47. The third kappa shape index (κ3) is 4.86. The quantitative estimate of drug-likeness (QED) is 0.586. The summed E-state index contributed by atoms with van der Waals surface area (Å²) in [4.78, 5) is 21.2. The summed E-state index contributed by atoms with van der Waals surface area (Å²) in [6.45, 7) is 4.64. The number of rotatable bonds is 4. The number of para-hydroxylation sites is 1. The summed E-state index contributed by atoms with van der Waals surface area (Å²) in [5, 5.41) is 4.55. The van der Waals surface area contributed by atoms with Crippen LogP contribution in [0.1, 0.15) is 17.0 Å². The Morgan fingerprint density at radius 1 is 1.07 bits per heavy atom. The van der Waals surface area contributed by atoms with E-state index in [9.17, 15) is 4.79 Å². The molecule has 1 fully saturated rings. The number of nitrogens with zero attached hydrogens (tertiary/aromatic N) is 4. The maximum atomic E-state index is 12.6. The maximum absolute atomic E-state index is 12.6. The third-order valence-corrected chi connectivity index (χ3v) is 6.42. The van der Waals surface area contributed by atoms with Crippen LogP contribution in [0.2, 0.25) is 10.0 Å². The summed E-state index contributed by atoms with van der Waals surface area (Å²) >= 11 is 13.7. The van der Waals surface area contributed by atoms with Gasteiger partial charge in [-0.25, -0.2) is 9.78 Å². The highest BCUT2D eigenvalue weighted by Crippen LogP contribution is 2.30. The molecule has 1 aliphatic heterocycles. The number of urea groups is 1. The lowest BCUT2D eigenvalue weighted by atomic mass is 10.1. The molecule has 9 heteroatoms. The molecule has 3 aromatic rings. The van der Waals surface area contributed by atoms with E-state index in [-0.39, 0.29) is 6.03 Å². The van der Waals surface area contributed by atoms with Gasteiger partial charge in [0.1, 0.15) is 5.82 Å². The van der Waals surface area contributed by atoms with Gasteiger partial charge in [-0.1, -0.05) is 59.1 Å². The molecular weight excluding hydrogens is 441 g/mol. The van der Waals surface area contributed by atoms with Gasteiger partial charge in [0.2, 0.25) is 5.13 Å². The molecule has 0 radical (unpaired) electrons. The molecule has 0 bridgehead atoms. The van der Waals surface area contributed by atoms with Crippen LogP contribution in [0.4, 0.5) is 15.6 Å². The first-order valence-corrected chi connectivity index (χ1v) is 11.2. The summed E-state index contributed by atoms with van der Waals surface area (Å²) in [6.07, 6.45) is 0.720. The molecular formula is C21H21Cl2N5OS. The monoisotopic (exact) mass is 461 g/mol. The smallest absolute Gasteiger partial charge is 0.322 e. The molecule has 2 amide bonds. The van der Waals surface area contributed by atoms with Gasteiger partial charge in [-0.15, -0.1) is 0 Å². The molecule has 2 aromatic carbocycles. The lowest BCUT2D eigenvalue weighted by molar-refractivity contribution is 0.208. The number of aromatic nitrogens is 2. The van der Waals surface area contributed by atoms with E-state index in [1.165, 1.54) is 22.7 Å². The van der Waals surface area contributed by atoms with Crippen LogP contribution >= 0.6 is 34.7 Å². The fraction of sp³-hybridized carbons (Fsp3) is 0.286. The maximum Gasteiger partial charge on any atom is 0.322 e. The molecule has 0 aliphatic carbocycles. The predicted octanol–water partition coefficient (Wildman–Crippen LogP) is 5.10. The molecule has 30 heavy (non-hydrogen) atoms. The number of hydrogen-bond acceptors (Lipinski definition) is 5. The summed E-state index contributed by atoms with van der Waals surface area (Å²) in [6, 6.07) is 13.4. The standard InChI is InChI=1S/C21H21Cl2N5OS/c1-14-5-7-15(8-6-14)13-18-24-21(30-26-18)28-11-9-27(10-12-28)20(29)25-19-16(22)3-2-4-17(19)23/h2-8H,9-13H2,1H3,(H,25,29). The zero-order valence-corrected chi connectivity index (χ0v) is 18.8. The molecule has 0 saturated carbocycles. The molecule has 1 aromatic heterocycles. The Morgan fingerprint density at radius 2 is 1.73 bits per heavy atom. The van der Waals surface area contributed by atoms with Crippen LogP contribution in [-0.4, -0.2) is 46.5 Å². The van der Waals surface area contributed by atoms with Gasteiger partial charge in [-0.05, 0) is 24.6 Å². The van der Waals surface area contributed by atoms with E-state index in [1.54, 1.807) is 23.1 Å². The Bertz CT molecular complexity index is 1010. The van der Waals surface area contributed by atoms with Gasteiger partial charge >= 0.3 is 6.03 Å². The minimum atomic E-state index is -0.207. The molecule has 4 rings (SSSR count). The van der Waals surface area contributed by atoms with Crippen molar-refractivity contribution in [2.24, 2.45) is 0 Å². The highest BCUT2D eigenvalue weighted by Gasteiger charge is 2.24. The van der Waals surface area contributed by atoms with Gasteiger partial charge < -0.3 is 15.1 Å². The van der Waals surface area contributed by atoms with E-state index < -0.39 is 0 Å². The number of carbonyl (C=O) groups is 1. The molecule has 1 N–H and O–H groups in total. The number of halogens is 2. The number of anilines is 2. The van der Waals surface area contributed by atoms with Gasteiger partial charge in [-0.3, -0.25) is 0 Å². The highest BCUT2D eigenvalue weighted by molar-refractivity contribution is 7.09. The van der Waals surface area contributed by atoms with Crippen molar-refractivity contribution in [3.63, 3.8) is 0 Å². The van der Waals surface area contributed by atoms with E-state index in [2.05, 4.69) is 45.8 Å². The minimum Gasteiger partial charge on any atom is -0.343 e. The van der Waals surface area contributed by atoms with Crippen LogP contribution in [-0.2, 0) is 6.42 Å². The molecule has 6 nitrogen and oxygen atoms in total. The fourth-order valence-electron chi connectivity index (χ4n) is 3.24. The Hall–Kier alpha value is -2.35. The third-order valence-electron chi connectivity index (χ3n) is 4.97. The Labute approximate surface area is 189 Å². The highest BCUT2D eigenvalue weighted by atomic mass is 35.5. The van der Waals surface area contributed by atoms with Crippen molar-refractivity contribution in [2.45, 2.75) is 13.3 Å². The summed E-state index contributed by atoms with van der Waals surface area (Å²) in [5.41, 5.74) is 2.88. The van der Waals surface area contributed by atoms with E-state index in [1.807, 2.05) is 0 Å². The van der Waals surface area contributed by atoms with Crippen molar-refractivity contribution >= 4 is 51.6 Å². The lowest BCUT2D eigenvalue weighted by Gasteiger charge is -2.34. The zero-order chi connectivity index (χ0) is 21.1. The average molecular weight is 462 g/mol. The summed E-state index contributed by atoms with van der Waals surface area (Å²) in [5.74, 6) is 0.826. The number of hydrogen-bond donors (Lipinski definition) is 1. The van der Waals surface area contributed by atoms with Crippen LogP contribution in [0.5, 0.6) is 0 Å². The predicted molar refractivity (Wildman–Crippen MR) is 123 cm³/mol. The van der Waals surface area contributed by atoms with Crippen molar-refractivity contribution < 1.29 is 4.79 Å². The van der Waals surface area contributed by atoms with Gasteiger partial charge in [-0.2, -0.15) is 4.37 Å². The first-order chi connectivity index (χ1) is 14.5. The van der Waals surface area contributed by atoms with Crippen LogP contribution in [0, 0.1) is 6.92 Å². The number of piperazine rings is 1. The SMILES string of the molecule is Cc1ccc(Cc2nsc(N3CCN(C(=O)Nc4c(Cl)cccc4Cl)CC3)n2)cc1. The first kappa shape index (κ1) is 20.9. The zero-order valence-electron chi connectivity index (χ0n) is 16.4. The van der Waals surface area contributed by atoms with Crippen molar-refractivity contribution in [2.75, 3.05) is 36.4 Å². The summed E-state index contributed by atoms with van der Waals surface area (Å²) in [7, 11) is 0. The minimum absolute atomic E-state index is 0.207.